The van der Waals surface area contributed by atoms with E-state index in [9.17, 15) is 0 Å². The smallest absolute Gasteiger partial charge is 0.0572 e. The van der Waals surface area contributed by atoms with Crippen LogP contribution in [-0.2, 0) is 0 Å². The minimum atomic E-state index is 0.166. The predicted octanol–water partition coefficient (Wildman–Crippen LogP) is -0.833. The van der Waals surface area contributed by atoms with E-state index in [0.717, 1.165) is 26.1 Å². The van der Waals surface area contributed by atoms with Crippen molar-refractivity contribution in [2.45, 2.75) is 19.8 Å². The fourth-order valence-electron chi connectivity index (χ4n) is 1.22. The van der Waals surface area contributed by atoms with E-state index < -0.39 is 0 Å². The Kier molecular flexibility index (Phi) is 11.7. The number of hydrogen-bond donors (Lipinski definition) is 4. The Hall–Kier alpha value is -0.200. The number of aliphatic hydroxyl groups is 2. The van der Waals surface area contributed by atoms with Gasteiger partial charge in [-0.1, -0.05) is 13.3 Å². The first kappa shape index (κ1) is 14.8. The molecule has 0 amide bonds. The molecule has 15 heavy (non-hydrogen) atoms. The molecule has 0 saturated heterocycles. The predicted molar refractivity (Wildman–Crippen MR) is 61.5 cm³/mol. The topological polar surface area (TPSA) is 67.8 Å². The van der Waals surface area contributed by atoms with E-state index in [1.54, 1.807) is 0 Å². The average molecular weight is 219 g/mol. The lowest BCUT2D eigenvalue weighted by atomic mass is 10.3. The molecule has 0 aliphatic rings. The third kappa shape index (κ3) is 10.1. The van der Waals surface area contributed by atoms with Crippen LogP contribution in [0.2, 0.25) is 0 Å². The van der Waals surface area contributed by atoms with Gasteiger partial charge >= 0.3 is 0 Å². The summed E-state index contributed by atoms with van der Waals surface area (Å²) in [6, 6.07) is 0. The normalized spacial score (nSPS) is 11.2. The second kappa shape index (κ2) is 11.9. The molecule has 5 nitrogen and oxygen atoms in total. The first-order valence-electron chi connectivity index (χ1n) is 5.76. The molecule has 0 atom stereocenters. The summed E-state index contributed by atoms with van der Waals surface area (Å²) in [6.45, 7) is 6.37. The maximum atomic E-state index is 8.85. The molecule has 0 spiro atoms. The van der Waals surface area contributed by atoms with Crippen molar-refractivity contribution in [2.24, 2.45) is 0 Å². The highest BCUT2D eigenvalue weighted by molar-refractivity contribution is 4.55. The van der Waals surface area contributed by atoms with Crippen LogP contribution in [-0.4, -0.2) is 61.2 Å². The van der Waals surface area contributed by atoms with Gasteiger partial charge in [0.1, 0.15) is 0 Å². The molecule has 92 valence electrons. The van der Waals surface area contributed by atoms with E-state index in [1.165, 1.54) is 6.42 Å². The molecule has 5 heteroatoms. The molecular formula is C10H25N3O2. The summed E-state index contributed by atoms with van der Waals surface area (Å²) >= 11 is 0. The van der Waals surface area contributed by atoms with Gasteiger partial charge in [-0.25, -0.2) is 5.01 Å². The summed E-state index contributed by atoms with van der Waals surface area (Å²) in [5.41, 5.74) is 3.27. The van der Waals surface area contributed by atoms with Gasteiger partial charge in [-0.05, 0) is 6.42 Å². The summed E-state index contributed by atoms with van der Waals surface area (Å²) in [7, 11) is 0. The van der Waals surface area contributed by atoms with E-state index >= 15 is 0 Å². The summed E-state index contributed by atoms with van der Waals surface area (Å²) < 4.78 is 0. The van der Waals surface area contributed by atoms with Crippen LogP contribution in [0.25, 0.3) is 0 Å². The summed E-state index contributed by atoms with van der Waals surface area (Å²) in [5, 5.41) is 22.5. The van der Waals surface area contributed by atoms with Crippen molar-refractivity contribution in [2.75, 3.05) is 45.9 Å². The van der Waals surface area contributed by atoms with Gasteiger partial charge in [0, 0.05) is 32.7 Å². The van der Waals surface area contributed by atoms with Gasteiger partial charge < -0.3 is 15.5 Å². The van der Waals surface area contributed by atoms with Crippen LogP contribution < -0.4 is 10.7 Å². The minimum Gasteiger partial charge on any atom is -0.395 e. The van der Waals surface area contributed by atoms with Crippen LogP contribution in [0.1, 0.15) is 19.8 Å². The van der Waals surface area contributed by atoms with Crippen LogP contribution in [0, 0.1) is 0 Å². The lowest BCUT2D eigenvalue weighted by molar-refractivity contribution is 0.142. The van der Waals surface area contributed by atoms with Gasteiger partial charge in [0.25, 0.3) is 0 Å². The van der Waals surface area contributed by atoms with Crippen LogP contribution >= 0.6 is 0 Å². The molecule has 0 rings (SSSR count). The average Bonchev–Trinajstić information content (AvgIpc) is 2.24. The standard InChI is InChI=1S/C10H25N3O2/c1-2-3-4-12-13(8-10-15)7-5-11-6-9-14/h11-12,14-15H,2-10H2,1H3. The number of aliphatic hydroxyl groups excluding tert-OH is 2. The first-order chi connectivity index (χ1) is 7.35. The highest BCUT2D eigenvalue weighted by Gasteiger charge is 2.01. The maximum absolute atomic E-state index is 8.85. The number of hydrazine groups is 1. The second-order valence-electron chi connectivity index (χ2n) is 3.45. The van der Waals surface area contributed by atoms with Crippen LogP contribution in [0.3, 0.4) is 0 Å². The number of nitrogens with zero attached hydrogens (tertiary/aromatic N) is 1. The Balaban J connectivity index is 3.44. The Morgan fingerprint density at radius 2 is 1.80 bits per heavy atom. The van der Waals surface area contributed by atoms with Crippen molar-refractivity contribution in [1.29, 1.82) is 0 Å². The highest BCUT2D eigenvalue weighted by Crippen LogP contribution is 1.86. The Labute approximate surface area is 92.4 Å². The summed E-state index contributed by atoms with van der Waals surface area (Å²) in [4.78, 5) is 0. The molecule has 0 fully saturated rings. The highest BCUT2D eigenvalue weighted by atomic mass is 16.3. The third-order valence-corrected chi connectivity index (χ3v) is 2.08. The monoisotopic (exact) mass is 219 g/mol. The molecule has 0 bridgehead atoms. The van der Waals surface area contributed by atoms with E-state index in [-0.39, 0.29) is 13.2 Å². The van der Waals surface area contributed by atoms with Crippen LogP contribution in [0.5, 0.6) is 0 Å². The summed E-state index contributed by atoms with van der Waals surface area (Å²) in [6.07, 6.45) is 2.31. The molecule has 0 radical (unpaired) electrons. The zero-order chi connectivity index (χ0) is 11.4. The largest absolute Gasteiger partial charge is 0.395 e. The quantitative estimate of drug-likeness (QED) is 0.270. The van der Waals surface area contributed by atoms with Crippen molar-refractivity contribution in [3.05, 3.63) is 0 Å². The molecule has 0 aliphatic heterocycles. The zero-order valence-electron chi connectivity index (χ0n) is 9.71. The Morgan fingerprint density at radius 3 is 2.40 bits per heavy atom. The van der Waals surface area contributed by atoms with Gasteiger partial charge in [-0.3, -0.25) is 5.43 Å². The van der Waals surface area contributed by atoms with Gasteiger partial charge in [0.05, 0.1) is 13.2 Å². The van der Waals surface area contributed by atoms with E-state index in [0.29, 0.717) is 13.1 Å². The van der Waals surface area contributed by atoms with E-state index in [1.807, 2.05) is 5.01 Å². The lowest BCUT2D eigenvalue weighted by Gasteiger charge is -2.22. The summed E-state index contributed by atoms with van der Waals surface area (Å²) in [5.74, 6) is 0. The minimum absolute atomic E-state index is 0.166. The molecule has 0 aromatic carbocycles. The van der Waals surface area contributed by atoms with Crippen molar-refractivity contribution < 1.29 is 10.2 Å². The van der Waals surface area contributed by atoms with Gasteiger partial charge in [0.15, 0.2) is 0 Å². The number of nitrogens with one attached hydrogen (secondary N) is 2. The molecule has 0 aliphatic carbocycles. The maximum Gasteiger partial charge on any atom is 0.0572 e. The van der Waals surface area contributed by atoms with Crippen molar-refractivity contribution in [3.8, 4) is 0 Å². The van der Waals surface area contributed by atoms with E-state index in [4.69, 9.17) is 10.2 Å². The molecule has 0 unspecified atom stereocenters. The van der Waals surface area contributed by atoms with Gasteiger partial charge in [-0.2, -0.15) is 0 Å². The fraction of sp³-hybridized carbons (Fsp3) is 1.00. The number of rotatable bonds is 11. The van der Waals surface area contributed by atoms with Crippen molar-refractivity contribution in [3.63, 3.8) is 0 Å². The number of unbranched alkanes of at least 4 members (excludes halogenated alkanes) is 1. The zero-order valence-corrected chi connectivity index (χ0v) is 9.71. The van der Waals surface area contributed by atoms with Crippen molar-refractivity contribution in [1.82, 2.24) is 15.8 Å². The van der Waals surface area contributed by atoms with E-state index in [2.05, 4.69) is 17.7 Å². The molecular weight excluding hydrogens is 194 g/mol. The first-order valence-corrected chi connectivity index (χ1v) is 5.76. The SMILES string of the molecule is CCCCNN(CCO)CCNCCO. The van der Waals surface area contributed by atoms with Crippen LogP contribution in [0.4, 0.5) is 0 Å². The van der Waals surface area contributed by atoms with Crippen LogP contribution in [0.15, 0.2) is 0 Å². The molecule has 0 heterocycles. The molecule has 4 N–H and O–H groups in total. The fourth-order valence-corrected chi connectivity index (χ4v) is 1.22. The molecule has 0 saturated carbocycles. The van der Waals surface area contributed by atoms with Crippen molar-refractivity contribution >= 4 is 0 Å². The Bertz CT molecular complexity index is 125. The third-order valence-electron chi connectivity index (χ3n) is 2.08. The Morgan fingerprint density at radius 1 is 1.00 bits per heavy atom. The molecule has 0 aromatic rings. The van der Waals surface area contributed by atoms with Gasteiger partial charge in [0.2, 0.25) is 0 Å². The number of hydrogen-bond acceptors (Lipinski definition) is 5. The second-order valence-corrected chi connectivity index (χ2v) is 3.45. The molecule has 0 aromatic heterocycles. The lowest BCUT2D eigenvalue weighted by Crippen LogP contribution is -2.44. The van der Waals surface area contributed by atoms with Gasteiger partial charge in [-0.15, -0.1) is 0 Å².